The van der Waals surface area contributed by atoms with Gasteiger partial charge >= 0.3 is 0 Å². The fourth-order valence-electron chi connectivity index (χ4n) is 5.54. The average molecular weight is 531 g/mol. The number of hydrogen-bond donors (Lipinski definition) is 0. The summed E-state index contributed by atoms with van der Waals surface area (Å²) in [4.78, 5) is 44.9. The van der Waals surface area contributed by atoms with E-state index in [9.17, 15) is 18.8 Å². The minimum Gasteiger partial charge on any atom is -0.343 e. The molecule has 1 saturated heterocycles. The maximum absolute atomic E-state index is 12.6. The maximum atomic E-state index is 12.6. The number of amides is 3. The number of likely N-dealkylation sites (tertiary alicyclic amines) is 1. The molecule has 2 aliphatic rings. The van der Waals surface area contributed by atoms with Crippen LogP contribution in [-0.4, -0.2) is 54.1 Å². The van der Waals surface area contributed by atoms with Crippen LogP contribution in [0.4, 0.5) is 4.39 Å². The van der Waals surface area contributed by atoms with Crippen LogP contribution >= 0.6 is 0 Å². The van der Waals surface area contributed by atoms with Crippen molar-refractivity contribution < 1.29 is 23.6 Å². The number of piperidine rings is 1. The summed E-state index contributed by atoms with van der Waals surface area (Å²) < 4.78 is 12.0. The quantitative estimate of drug-likeness (QED) is 0.139. The summed E-state index contributed by atoms with van der Waals surface area (Å²) in [6, 6.07) is 6.79. The van der Waals surface area contributed by atoms with Gasteiger partial charge in [-0.05, 0) is 50.2 Å². The van der Waals surface area contributed by atoms with E-state index in [1.54, 1.807) is 24.3 Å². The highest BCUT2D eigenvalue weighted by molar-refractivity contribution is 6.20. The number of halogens is 1. The van der Waals surface area contributed by atoms with Crippen molar-refractivity contribution in [3.63, 3.8) is 0 Å². The van der Waals surface area contributed by atoms with Crippen molar-refractivity contribution in [1.29, 1.82) is 0 Å². The van der Waals surface area contributed by atoms with Gasteiger partial charge in [-0.25, -0.2) is 0 Å². The third-order valence-electron chi connectivity index (χ3n) is 7.99. The number of alkyl halides is 1. The van der Waals surface area contributed by atoms with E-state index in [2.05, 4.69) is 0 Å². The van der Waals surface area contributed by atoms with Gasteiger partial charge in [0.15, 0.2) is 0 Å². The number of hydrogen-bond acceptors (Lipinski definition) is 4. The Morgan fingerprint density at radius 2 is 1.24 bits per heavy atom. The van der Waals surface area contributed by atoms with E-state index in [-0.39, 0.29) is 24.4 Å². The third kappa shape index (κ3) is 9.79. The second kappa shape index (κ2) is 17.3. The zero-order chi connectivity index (χ0) is 27.0. The Morgan fingerprint density at radius 3 is 1.74 bits per heavy atom. The summed E-state index contributed by atoms with van der Waals surface area (Å²) in [7, 11) is 0. The molecule has 3 amide bonds. The fourth-order valence-corrected chi connectivity index (χ4v) is 5.54. The number of carbonyl (C=O) groups excluding carboxylic acids is 3. The normalized spacial score (nSPS) is 15.9. The molecule has 7 heteroatoms. The molecule has 0 N–H and O–H groups in total. The number of nitrogens with zero attached hydrogens (tertiary/aromatic N) is 2. The molecule has 0 spiro atoms. The van der Waals surface area contributed by atoms with E-state index in [4.69, 9.17) is 4.84 Å². The minimum atomic E-state index is -0.389. The molecule has 0 aromatic heterocycles. The van der Waals surface area contributed by atoms with Gasteiger partial charge in [-0.2, -0.15) is 0 Å². The molecule has 0 atom stereocenters. The molecule has 0 radical (unpaired) electrons. The third-order valence-corrected chi connectivity index (χ3v) is 7.99. The van der Waals surface area contributed by atoms with Crippen LogP contribution in [-0.2, 0) is 9.63 Å². The van der Waals surface area contributed by atoms with Crippen LogP contribution in [0.2, 0.25) is 0 Å². The number of carbonyl (C=O) groups is 3. The largest absolute Gasteiger partial charge is 0.343 e. The van der Waals surface area contributed by atoms with Crippen molar-refractivity contribution in [2.24, 2.45) is 5.92 Å². The summed E-state index contributed by atoms with van der Waals surface area (Å²) in [5.41, 5.74) is 0.795. The van der Waals surface area contributed by atoms with Gasteiger partial charge in [0, 0.05) is 19.5 Å². The Morgan fingerprint density at radius 1 is 0.763 bits per heavy atom. The van der Waals surface area contributed by atoms with Gasteiger partial charge in [-0.1, -0.05) is 82.8 Å². The van der Waals surface area contributed by atoms with Crippen LogP contribution < -0.4 is 0 Å². The van der Waals surface area contributed by atoms with E-state index < -0.39 is 0 Å². The van der Waals surface area contributed by atoms with Gasteiger partial charge < -0.3 is 4.90 Å². The predicted octanol–water partition coefficient (Wildman–Crippen LogP) is 7.27. The summed E-state index contributed by atoms with van der Waals surface area (Å²) >= 11 is 0. The van der Waals surface area contributed by atoms with Gasteiger partial charge in [-0.15, -0.1) is 5.06 Å². The fraction of sp³-hybridized carbons (Fsp3) is 0.710. The Kier molecular flexibility index (Phi) is 13.8. The zero-order valence-corrected chi connectivity index (χ0v) is 23.1. The summed E-state index contributed by atoms with van der Waals surface area (Å²) in [5.74, 6) is -0.0623. The number of rotatable bonds is 19. The van der Waals surface area contributed by atoms with Gasteiger partial charge in [0.25, 0.3) is 11.8 Å². The number of benzene rings is 1. The van der Waals surface area contributed by atoms with Crippen molar-refractivity contribution in [3.8, 4) is 0 Å². The molecule has 1 fully saturated rings. The number of unbranched alkanes of at least 4 members (excludes halogenated alkanes) is 12. The van der Waals surface area contributed by atoms with Crippen LogP contribution in [0.1, 0.15) is 130 Å². The number of fused-ring (bicyclic) bond motifs is 1. The SMILES string of the molecule is O=C(CCCCCCCCCCCCCCCF)N1CCC(CCON2C(=O)c3ccccc3C2=O)CC1. The highest BCUT2D eigenvalue weighted by atomic mass is 19.1. The monoisotopic (exact) mass is 530 g/mol. The molecular formula is C31H47FN2O4. The lowest BCUT2D eigenvalue weighted by molar-refractivity contribution is -0.133. The molecule has 0 saturated carbocycles. The molecule has 2 aliphatic heterocycles. The molecule has 0 aliphatic carbocycles. The van der Waals surface area contributed by atoms with Crippen LogP contribution in [0.25, 0.3) is 0 Å². The first-order valence-corrected chi connectivity index (χ1v) is 15.1. The predicted molar refractivity (Wildman–Crippen MR) is 147 cm³/mol. The highest BCUT2D eigenvalue weighted by Crippen LogP contribution is 2.25. The Hall–Kier alpha value is -2.28. The number of hydroxylamine groups is 2. The van der Waals surface area contributed by atoms with E-state index in [1.165, 1.54) is 57.8 Å². The van der Waals surface area contributed by atoms with E-state index in [0.29, 0.717) is 30.1 Å². The van der Waals surface area contributed by atoms with E-state index in [0.717, 1.165) is 63.1 Å². The van der Waals surface area contributed by atoms with Crippen LogP contribution in [0.3, 0.4) is 0 Å². The van der Waals surface area contributed by atoms with Crippen molar-refractivity contribution >= 4 is 17.7 Å². The topological polar surface area (TPSA) is 66.9 Å². The maximum Gasteiger partial charge on any atom is 0.285 e. The Labute approximate surface area is 228 Å². The van der Waals surface area contributed by atoms with Crippen molar-refractivity contribution in [3.05, 3.63) is 35.4 Å². The van der Waals surface area contributed by atoms with E-state index >= 15 is 0 Å². The van der Waals surface area contributed by atoms with Gasteiger partial charge in [0.05, 0.1) is 24.4 Å². The molecule has 3 rings (SSSR count). The molecule has 1 aromatic rings. The second-order valence-corrected chi connectivity index (χ2v) is 10.9. The van der Waals surface area contributed by atoms with E-state index in [1.807, 2.05) is 4.90 Å². The van der Waals surface area contributed by atoms with Crippen molar-refractivity contribution in [1.82, 2.24) is 9.96 Å². The Bertz CT molecular complexity index is 834. The lowest BCUT2D eigenvalue weighted by Crippen LogP contribution is -2.39. The smallest absolute Gasteiger partial charge is 0.285 e. The van der Waals surface area contributed by atoms with Crippen LogP contribution in [0.5, 0.6) is 0 Å². The van der Waals surface area contributed by atoms with Crippen molar-refractivity contribution in [2.45, 2.75) is 109 Å². The highest BCUT2D eigenvalue weighted by Gasteiger charge is 2.36. The molecule has 212 valence electrons. The van der Waals surface area contributed by atoms with Crippen LogP contribution in [0.15, 0.2) is 24.3 Å². The lowest BCUT2D eigenvalue weighted by atomic mass is 9.93. The first-order chi connectivity index (χ1) is 18.6. The summed E-state index contributed by atoms with van der Waals surface area (Å²) in [6.07, 6.45) is 18.6. The Balaban J connectivity index is 1.14. The van der Waals surface area contributed by atoms with Gasteiger partial charge in [0.2, 0.25) is 5.91 Å². The van der Waals surface area contributed by atoms with Gasteiger partial charge in [0.1, 0.15) is 0 Å². The number of imide groups is 1. The van der Waals surface area contributed by atoms with Crippen molar-refractivity contribution in [2.75, 3.05) is 26.4 Å². The first-order valence-electron chi connectivity index (χ1n) is 15.1. The zero-order valence-electron chi connectivity index (χ0n) is 23.1. The summed E-state index contributed by atoms with van der Waals surface area (Å²) in [5, 5.41) is 0.893. The average Bonchev–Trinajstić information content (AvgIpc) is 3.18. The minimum absolute atomic E-state index is 0.171. The molecule has 0 bridgehead atoms. The molecule has 2 heterocycles. The first kappa shape index (κ1) is 30.3. The second-order valence-electron chi connectivity index (χ2n) is 10.9. The summed E-state index contributed by atoms with van der Waals surface area (Å²) in [6.45, 7) is 1.72. The van der Waals surface area contributed by atoms with Gasteiger partial charge in [-0.3, -0.25) is 23.6 Å². The molecule has 38 heavy (non-hydrogen) atoms. The lowest BCUT2D eigenvalue weighted by Gasteiger charge is -2.32. The van der Waals surface area contributed by atoms with Crippen LogP contribution in [0, 0.1) is 5.92 Å². The molecule has 1 aromatic carbocycles. The molecule has 0 unspecified atom stereocenters. The standard InChI is InChI=1S/C31H47FN2O4/c32-22-15-11-9-7-5-3-1-2-4-6-8-10-12-18-29(35)33-23-19-26(20-24-33)21-25-38-34-30(36)27-16-13-14-17-28(27)31(34)37/h13-14,16-17,26H,1-12,15,18-25H2. The molecule has 6 nitrogen and oxygen atoms in total. The molecular weight excluding hydrogens is 483 g/mol.